The van der Waals surface area contributed by atoms with Gasteiger partial charge in [-0.1, -0.05) is 0 Å². The average molecular weight is 481 g/mol. The Morgan fingerprint density at radius 2 is 1.96 bits per heavy atom. The molecule has 0 bridgehead atoms. The van der Waals surface area contributed by atoms with Gasteiger partial charge in [0.15, 0.2) is 5.96 Å². The molecule has 0 saturated carbocycles. The number of guanidine groups is 1. The summed E-state index contributed by atoms with van der Waals surface area (Å²) in [4.78, 5) is 9.15. The van der Waals surface area contributed by atoms with Gasteiger partial charge < -0.3 is 20.4 Å². The van der Waals surface area contributed by atoms with Crippen LogP contribution in [-0.4, -0.2) is 68.6 Å². The summed E-state index contributed by atoms with van der Waals surface area (Å²) < 4.78 is 26.9. The summed E-state index contributed by atoms with van der Waals surface area (Å²) in [6.45, 7) is 8.91. The molecule has 1 aliphatic heterocycles. The molecular weight excluding hydrogens is 451 g/mol. The van der Waals surface area contributed by atoms with Crippen molar-refractivity contribution in [1.29, 1.82) is 0 Å². The van der Waals surface area contributed by atoms with Gasteiger partial charge in [0.1, 0.15) is 11.6 Å². The van der Waals surface area contributed by atoms with E-state index in [2.05, 4.69) is 32.5 Å². The van der Waals surface area contributed by atoms with E-state index in [4.69, 9.17) is 0 Å². The fourth-order valence-corrected chi connectivity index (χ4v) is 2.83. The van der Waals surface area contributed by atoms with Crippen molar-refractivity contribution < 1.29 is 8.78 Å². The summed E-state index contributed by atoms with van der Waals surface area (Å²) in [7, 11) is 2.16. The van der Waals surface area contributed by atoms with Crippen LogP contribution in [0.2, 0.25) is 0 Å². The van der Waals surface area contributed by atoms with Gasteiger partial charge in [-0.3, -0.25) is 0 Å². The second kappa shape index (κ2) is 12.4. The molecule has 26 heavy (non-hydrogen) atoms. The van der Waals surface area contributed by atoms with Gasteiger partial charge >= 0.3 is 0 Å². The Kier molecular flexibility index (Phi) is 11.0. The number of aliphatic imine (C=N–C) groups is 1. The van der Waals surface area contributed by atoms with Crippen LogP contribution in [0.4, 0.5) is 8.78 Å². The normalized spacial score (nSPS) is 16.7. The lowest BCUT2D eigenvalue weighted by atomic mass is 10.2. The predicted octanol–water partition coefficient (Wildman–Crippen LogP) is 2.28. The van der Waals surface area contributed by atoms with E-state index in [9.17, 15) is 8.78 Å². The molecule has 0 aliphatic carbocycles. The minimum absolute atomic E-state index is 0. The van der Waals surface area contributed by atoms with Crippen molar-refractivity contribution in [2.45, 2.75) is 19.9 Å². The first kappa shape index (κ1) is 23.0. The van der Waals surface area contributed by atoms with Crippen LogP contribution in [-0.2, 0) is 6.54 Å². The first-order chi connectivity index (χ1) is 12.1. The van der Waals surface area contributed by atoms with Crippen molar-refractivity contribution in [3.63, 3.8) is 0 Å². The Balaban J connectivity index is 0.00000338. The van der Waals surface area contributed by atoms with Gasteiger partial charge in [0.2, 0.25) is 0 Å². The van der Waals surface area contributed by atoms with Crippen LogP contribution < -0.4 is 10.6 Å². The summed E-state index contributed by atoms with van der Waals surface area (Å²) in [6, 6.07) is 3.44. The van der Waals surface area contributed by atoms with Gasteiger partial charge in [-0.2, -0.15) is 0 Å². The van der Waals surface area contributed by atoms with E-state index in [0.717, 1.165) is 51.4 Å². The van der Waals surface area contributed by atoms with Crippen molar-refractivity contribution in [2.75, 3.05) is 52.9 Å². The van der Waals surface area contributed by atoms with Crippen molar-refractivity contribution in [1.82, 2.24) is 20.4 Å². The minimum Gasteiger partial charge on any atom is -0.357 e. The number of nitrogens with one attached hydrogen (secondary N) is 2. The molecular formula is C18H30F2IN5. The Bertz CT molecular complexity index is 571. The minimum atomic E-state index is -0.448. The van der Waals surface area contributed by atoms with Crippen LogP contribution in [0.25, 0.3) is 0 Å². The van der Waals surface area contributed by atoms with Gasteiger partial charge in [-0.05, 0) is 51.7 Å². The summed E-state index contributed by atoms with van der Waals surface area (Å²) in [5.41, 5.74) is 0.257. The molecule has 8 heteroatoms. The van der Waals surface area contributed by atoms with E-state index in [1.807, 2.05) is 6.92 Å². The van der Waals surface area contributed by atoms with Crippen LogP contribution in [0, 0.1) is 11.6 Å². The molecule has 0 aromatic heterocycles. The highest BCUT2D eigenvalue weighted by molar-refractivity contribution is 14.0. The summed E-state index contributed by atoms with van der Waals surface area (Å²) in [6.07, 6.45) is 1.18. The van der Waals surface area contributed by atoms with E-state index < -0.39 is 11.6 Å². The fourth-order valence-electron chi connectivity index (χ4n) is 2.83. The van der Waals surface area contributed by atoms with Gasteiger partial charge in [-0.15, -0.1) is 24.0 Å². The SMILES string of the molecule is CCNC(=NCc1cc(F)ccc1F)NCCN1CCCN(C)CC1.I. The highest BCUT2D eigenvalue weighted by Gasteiger charge is 2.11. The Hall–Kier alpha value is -1.00. The van der Waals surface area contributed by atoms with Crippen LogP contribution in [0.5, 0.6) is 0 Å². The number of halogens is 3. The molecule has 0 spiro atoms. The lowest BCUT2D eigenvalue weighted by Crippen LogP contribution is -2.42. The predicted molar refractivity (Wildman–Crippen MR) is 113 cm³/mol. The number of rotatable bonds is 6. The third-order valence-corrected chi connectivity index (χ3v) is 4.29. The molecule has 2 rings (SSSR count). The maximum atomic E-state index is 13.7. The van der Waals surface area contributed by atoms with Crippen molar-refractivity contribution in [2.24, 2.45) is 4.99 Å². The number of hydrogen-bond acceptors (Lipinski definition) is 3. The number of likely N-dealkylation sites (N-methyl/N-ethyl adjacent to an activating group) is 1. The zero-order chi connectivity index (χ0) is 18.1. The summed E-state index contributed by atoms with van der Waals surface area (Å²) >= 11 is 0. The van der Waals surface area contributed by atoms with Crippen LogP contribution in [0.3, 0.4) is 0 Å². The molecule has 1 aliphatic rings. The van der Waals surface area contributed by atoms with Gasteiger partial charge in [-0.25, -0.2) is 13.8 Å². The second-order valence-electron chi connectivity index (χ2n) is 6.36. The van der Waals surface area contributed by atoms with E-state index in [-0.39, 0.29) is 36.1 Å². The van der Waals surface area contributed by atoms with Crippen molar-refractivity contribution in [3.05, 3.63) is 35.4 Å². The van der Waals surface area contributed by atoms with Gasteiger partial charge in [0.25, 0.3) is 0 Å². The third kappa shape index (κ3) is 8.13. The monoisotopic (exact) mass is 481 g/mol. The van der Waals surface area contributed by atoms with Crippen molar-refractivity contribution >= 4 is 29.9 Å². The molecule has 148 valence electrons. The highest BCUT2D eigenvalue weighted by atomic mass is 127. The first-order valence-electron chi connectivity index (χ1n) is 8.95. The van der Waals surface area contributed by atoms with Gasteiger partial charge in [0.05, 0.1) is 6.54 Å². The average Bonchev–Trinajstić information content (AvgIpc) is 2.80. The van der Waals surface area contributed by atoms with E-state index in [0.29, 0.717) is 12.5 Å². The fraction of sp³-hybridized carbons (Fsp3) is 0.611. The second-order valence-corrected chi connectivity index (χ2v) is 6.36. The molecule has 1 aromatic carbocycles. The van der Waals surface area contributed by atoms with E-state index >= 15 is 0 Å². The molecule has 5 nitrogen and oxygen atoms in total. The van der Waals surface area contributed by atoms with Gasteiger partial charge in [0, 0.05) is 38.3 Å². The highest BCUT2D eigenvalue weighted by Crippen LogP contribution is 2.10. The molecule has 1 heterocycles. The Morgan fingerprint density at radius 3 is 2.73 bits per heavy atom. The lowest BCUT2D eigenvalue weighted by Gasteiger charge is -2.21. The molecule has 1 fully saturated rings. The van der Waals surface area contributed by atoms with Crippen LogP contribution >= 0.6 is 24.0 Å². The molecule has 2 N–H and O–H groups in total. The van der Waals surface area contributed by atoms with E-state index in [1.165, 1.54) is 12.5 Å². The molecule has 0 amide bonds. The first-order valence-corrected chi connectivity index (χ1v) is 8.95. The summed E-state index contributed by atoms with van der Waals surface area (Å²) in [5.74, 6) is -0.261. The molecule has 1 saturated heterocycles. The molecule has 0 radical (unpaired) electrons. The third-order valence-electron chi connectivity index (χ3n) is 4.29. The Morgan fingerprint density at radius 1 is 1.15 bits per heavy atom. The molecule has 1 aromatic rings. The smallest absolute Gasteiger partial charge is 0.191 e. The molecule has 0 atom stereocenters. The maximum Gasteiger partial charge on any atom is 0.191 e. The standard InChI is InChI=1S/C18H29F2N5.HI/c1-3-21-18(23-14-15-13-16(19)5-6-17(15)20)22-7-10-25-9-4-8-24(2)11-12-25;/h5-6,13H,3-4,7-12,14H2,1-2H3,(H2,21,22,23);1H. The number of hydrogen-bond donors (Lipinski definition) is 2. The lowest BCUT2D eigenvalue weighted by molar-refractivity contribution is 0.280. The van der Waals surface area contributed by atoms with Crippen LogP contribution in [0.1, 0.15) is 18.9 Å². The van der Waals surface area contributed by atoms with Crippen LogP contribution in [0.15, 0.2) is 23.2 Å². The number of benzene rings is 1. The van der Waals surface area contributed by atoms with E-state index in [1.54, 1.807) is 0 Å². The Labute approximate surface area is 172 Å². The quantitative estimate of drug-likeness (QED) is 0.372. The maximum absolute atomic E-state index is 13.7. The topological polar surface area (TPSA) is 42.9 Å². The zero-order valence-electron chi connectivity index (χ0n) is 15.6. The number of nitrogens with zero attached hydrogens (tertiary/aromatic N) is 3. The molecule has 0 unspecified atom stereocenters. The zero-order valence-corrected chi connectivity index (χ0v) is 17.9. The summed E-state index contributed by atoms with van der Waals surface area (Å²) in [5, 5.41) is 6.41. The largest absolute Gasteiger partial charge is 0.357 e. The van der Waals surface area contributed by atoms with Crippen molar-refractivity contribution in [3.8, 4) is 0 Å².